The monoisotopic (exact) mass is 445 g/mol. The first-order valence-corrected chi connectivity index (χ1v) is 10.1. The van der Waals surface area contributed by atoms with Crippen LogP contribution >= 0.6 is 11.6 Å². The van der Waals surface area contributed by atoms with E-state index in [1.165, 1.54) is 13.0 Å². The number of hydrogen-bond donors (Lipinski definition) is 2. The van der Waals surface area contributed by atoms with Gasteiger partial charge in [0, 0.05) is 28.9 Å². The average molecular weight is 446 g/mol. The first-order chi connectivity index (χ1) is 15.4. The van der Waals surface area contributed by atoms with E-state index >= 15 is 0 Å². The fourth-order valence-corrected chi connectivity index (χ4v) is 2.98. The Hall–Kier alpha value is -4.08. The molecule has 3 aromatic carbocycles. The number of ether oxygens (including phenoxy) is 1. The quantitative estimate of drug-likeness (QED) is 0.375. The first-order valence-electron chi connectivity index (χ1n) is 9.71. The summed E-state index contributed by atoms with van der Waals surface area (Å²) in [6, 6.07) is 23.0. The molecule has 0 fully saturated rings. The van der Waals surface area contributed by atoms with E-state index < -0.39 is 5.91 Å². The van der Waals surface area contributed by atoms with Crippen molar-refractivity contribution in [3.63, 3.8) is 0 Å². The molecule has 0 radical (unpaired) electrons. The molecule has 0 aliphatic carbocycles. The molecular formula is C25H20ClN3O3. The lowest BCUT2D eigenvalue weighted by Gasteiger charge is -2.08. The van der Waals surface area contributed by atoms with E-state index in [4.69, 9.17) is 16.3 Å². The fourth-order valence-electron chi connectivity index (χ4n) is 2.79. The predicted molar refractivity (Wildman–Crippen MR) is 125 cm³/mol. The summed E-state index contributed by atoms with van der Waals surface area (Å²) in [5.74, 6) is -0.0696. The summed E-state index contributed by atoms with van der Waals surface area (Å²) in [5, 5.41) is 15.4. The molecule has 32 heavy (non-hydrogen) atoms. The van der Waals surface area contributed by atoms with Gasteiger partial charge < -0.3 is 15.4 Å². The maximum absolute atomic E-state index is 12.5. The summed E-state index contributed by atoms with van der Waals surface area (Å²) in [4.78, 5) is 23.5. The molecule has 3 rings (SSSR count). The van der Waals surface area contributed by atoms with Crippen LogP contribution in [0.4, 0.5) is 11.4 Å². The van der Waals surface area contributed by atoms with E-state index in [0.717, 1.165) is 5.56 Å². The number of amides is 2. The van der Waals surface area contributed by atoms with Gasteiger partial charge in [0.25, 0.3) is 5.91 Å². The van der Waals surface area contributed by atoms with Gasteiger partial charge in [-0.3, -0.25) is 9.59 Å². The lowest BCUT2D eigenvalue weighted by atomic mass is 10.1. The maximum atomic E-state index is 12.5. The zero-order chi connectivity index (χ0) is 22.9. The third-order valence-electron chi connectivity index (χ3n) is 4.37. The molecule has 0 bridgehead atoms. The van der Waals surface area contributed by atoms with Crippen molar-refractivity contribution < 1.29 is 14.3 Å². The molecule has 0 aliphatic heterocycles. The Balaban J connectivity index is 1.62. The molecule has 2 N–H and O–H groups in total. The van der Waals surface area contributed by atoms with Crippen molar-refractivity contribution >= 4 is 40.9 Å². The second kappa shape index (κ2) is 10.8. The lowest BCUT2D eigenvalue weighted by Crippen LogP contribution is -2.13. The molecule has 3 aromatic rings. The zero-order valence-electron chi connectivity index (χ0n) is 17.3. The molecule has 0 saturated carbocycles. The van der Waals surface area contributed by atoms with Crippen molar-refractivity contribution in [3.05, 3.63) is 94.5 Å². The molecular weight excluding hydrogens is 426 g/mol. The van der Waals surface area contributed by atoms with Crippen LogP contribution < -0.4 is 15.4 Å². The van der Waals surface area contributed by atoms with Gasteiger partial charge in [-0.2, -0.15) is 5.26 Å². The van der Waals surface area contributed by atoms with Crippen LogP contribution in [0.2, 0.25) is 5.02 Å². The maximum Gasteiger partial charge on any atom is 0.266 e. The number of hydrogen-bond acceptors (Lipinski definition) is 4. The highest BCUT2D eigenvalue weighted by molar-refractivity contribution is 6.31. The van der Waals surface area contributed by atoms with Gasteiger partial charge in [0.1, 0.15) is 24.0 Å². The molecule has 2 amide bonds. The molecule has 0 heterocycles. The van der Waals surface area contributed by atoms with Crippen molar-refractivity contribution in [2.45, 2.75) is 13.5 Å². The number of halogens is 1. The highest BCUT2D eigenvalue weighted by atomic mass is 35.5. The van der Waals surface area contributed by atoms with Gasteiger partial charge in [0.05, 0.1) is 0 Å². The van der Waals surface area contributed by atoms with Crippen LogP contribution in [0.1, 0.15) is 18.1 Å². The van der Waals surface area contributed by atoms with Crippen molar-refractivity contribution in [1.82, 2.24) is 0 Å². The zero-order valence-corrected chi connectivity index (χ0v) is 18.0. The summed E-state index contributed by atoms with van der Waals surface area (Å²) in [7, 11) is 0. The van der Waals surface area contributed by atoms with Crippen LogP contribution in [0.5, 0.6) is 5.75 Å². The third kappa shape index (κ3) is 6.46. The second-order valence-corrected chi connectivity index (χ2v) is 7.24. The van der Waals surface area contributed by atoms with Gasteiger partial charge in [-0.15, -0.1) is 0 Å². The van der Waals surface area contributed by atoms with E-state index in [9.17, 15) is 14.9 Å². The van der Waals surface area contributed by atoms with Crippen molar-refractivity contribution in [3.8, 4) is 11.8 Å². The minimum absolute atomic E-state index is 0.0410. The molecule has 6 nitrogen and oxygen atoms in total. The van der Waals surface area contributed by atoms with E-state index in [2.05, 4.69) is 10.6 Å². The molecule has 0 saturated heterocycles. The van der Waals surface area contributed by atoms with Crippen LogP contribution in [0, 0.1) is 11.3 Å². The van der Waals surface area contributed by atoms with Crippen molar-refractivity contribution in [2.24, 2.45) is 0 Å². The van der Waals surface area contributed by atoms with Gasteiger partial charge in [-0.1, -0.05) is 41.9 Å². The van der Waals surface area contributed by atoms with Gasteiger partial charge in [-0.05, 0) is 54.1 Å². The van der Waals surface area contributed by atoms with Crippen LogP contribution in [-0.4, -0.2) is 11.8 Å². The molecule has 0 atom stereocenters. The van der Waals surface area contributed by atoms with E-state index in [0.29, 0.717) is 34.3 Å². The minimum atomic E-state index is -0.529. The number of nitrogens with one attached hydrogen (secondary N) is 2. The second-order valence-electron chi connectivity index (χ2n) is 6.83. The van der Waals surface area contributed by atoms with Crippen LogP contribution in [0.3, 0.4) is 0 Å². The van der Waals surface area contributed by atoms with Crippen molar-refractivity contribution in [2.75, 3.05) is 10.6 Å². The summed E-state index contributed by atoms with van der Waals surface area (Å²) >= 11 is 6.13. The number of carbonyl (C=O) groups is 2. The summed E-state index contributed by atoms with van der Waals surface area (Å²) in [6.07, 6.45) is 1.50. The number of carbonyl (C=O) groups excluding carboxylic acids is 2. The Morgan fingerprint density at radius 2 is 1.59 bits per heavy atom. The number of rotatable bonds is 7. The summed E-state index contributed by atoms with van der Waals surface area (Å²) in [6.45, 7) is 1.75. The lowest BCUT2D eigenvalue weighted by molar-refractivity contribution is -0.114. The van der Waals surface area contributed by atoms with Gasteiger partial charge in [0.15, 0.2) is 0 Å². The number of nitriles is 1. The molecule has 0 aliphatic rings. The standard InChI is InChI=1S/C25H20ClN3O3/c1-17(30)28-21-8-10-22(11-9-21)29-25(31)20(15-27)14-18-6-12-23(13-7-18)32-16-19-4-2-3-5-24(19)26/h2-14H,16H2,1H3,(H,28,30)(H,29,31)/b20-14+. The number of benzene rings is 3. The number of nitrogens with zero attached hydrogens (tertiary/aromatic N) is 1. The Morgan fingerprint density at radius 3 is 2.19 bits per heavy atom. The average Bonchev–Trinajstić information content (AvgIpc) is 2.78. The molecule has 0 aromatic heterocycles. The van der Waals surface area contributed by atoms with Gasteiger partial charge in [0.2, 0.25) is 5.91 Å². The Bertz CT molecular complexity index is 1180. The minimum Gasteiger partial charge on any atom is -0.489 e. The van der Waals surface area contributed by atoms with Crippen LogP contribution in [0.15, 0.2) is 78.4 Å². The largest absolute Gasteiger partial charge is 0.489 e. The Kier molecular flexibility index (Phi) is 7.63. The smallest absolute Gasteiger partial charge is 0.266 e. The highest BCUT2D eigenvalue weighted by Gasteiger charge is 2.10. The number of anilines is 2. The first kappa shape index (κ1) is 22.6. The Morgan fingerprint density at radius 1 is 0.969 bits per heavy atom. The normalized spacial score (nSPS) is 10.7. The highest BCUT2D eigenvalue weighted by Crippen LogP contribution is 2.20. The third-order valence-corrected chi connectivity index (χ3v) is 4.74. The molecule has 7 heteroatoms. The molecule has 160 valence electrons. The molecule has 0 spiro atoms. The SMILES string of the molecule is CC(=O)Nc1ccc(NC(=O)/C(C#N)=C/c2ccc(OCc3ccccc3Cl)cc2)cc1. The van der Waals surface area contributed by atoms with Crippen LogP contribution in [0.25, 0.3) is 6.08 Å². The summed E-state index contributed by atoms with van der Waals surface area (Å²) in [5.41, 5.74) is 2.65. The van der Waals surface area contributed by atoms with E-state index in [1.54, 1.807) is 54.6 Å². The van der Waals surface area contributed by atoms with E-state index in [-0.39, 0.29) is 11.5 Å². The van der Waals surface area contributed by atoms with Crippen molar-refractivity contribution in [1.29, 1.82) is 5.26 Å². The van der Waals surface area contributed by atoms with E-state index in [1.807, 2.05) is 24.3 Å². The topological polar surface area (TPSA) is 91.2 Å². The van der Waals surface area contributed by atoms with Gasteiger partial charge >= 0.3 is 0 Å². The summed E-state index contributed by atoms with van der Waals surface area (Å²) < 4.78 is 5.74. The van der Waals surface area contributed by atoms with Crippen LogP contribution in [-0.2, 0) is 16.2 Å². The van der Waals surface area contributed by atoms with Gasteiger partial charge in [-0.25, -0.2) is 0 Å². The predicted octanol–water partition coefficient (Wildman–Crippen LogP) is 5.42. The fraction of sp³-hybridized carbons (Fsp3) is 0.0800. The molecule has 0 unspecified atom stereocenters. The Labute approximate surface area is 191 Å².